The fourth-order valence-electron chi connectivity index (χ4n) is 3.68. The van der Waals surface area contributed by atoms with Crippen molar-refractivity contribution in [1.82, 2.24) is 4.90 Å². The van der Waals surface area contributed by atoms with E-state index in [1.165, 1.54) is 6.26 Å². The van der Waals surface area contributed by atoms with Crippen LogP contribution in [0.15, 0.2) is 24.3 Å². The molecule has 116 valence electrons. The molecule has 0 spiro atoms. The highest BCUT2D eigenvalue weighted by molar-refractivity contribution is 7.91. The van der Waals surface area contributed by atoms with Crippen molar-refractivity contribution in [3.8, 4) is 6.07 Å². The summed E-state index contributed by atoms with van der Waals surface area (Å²) in [4.78, 5) is 14.6. The molecule has 3 atom stereocenters. The van der Waals surface area contributed by atoms with Gasteiger partial charge in [0.15, 0.2) is 0 Å². The van der Waals surface area contributed by atoms with Crippen LogP contribution in [0.25, 0.3) is 0 Å². The van der Waals surface area contributed by atoms with Crippen molar-refractivity contribution in [3.63, 3.8) is 0 Å². The summed E-state index contributed by atoms with van der Waals surface area (Å²) >= 11 is 0. The van der Waals surface area contributed by atoms with Crippen LogP contribution in [0, 0.1) is 11.3 Å². The minimum atomic E-state index is -3.06. The lowest BCUT2D eigenvalue weighted by molar-refractivity contribution is 0.0598. The van der Waals surface area contributed by atoms with E-state index < -0.39 is 9.84 Å². The molecule has 5 nitrogen and oxygen atoms in total. The predicted octanol–water partition coefficient (Wildman–Crippen LogP) is 1.74. The minimum absolute atomic E-state index is 0.00304. The largest absolute Gasteiger partial charge is 0.333 e. The van der Waals surface area contributed by atoms with Crippen LogP contribution < -0.4 is 0 Å². The SMILES string of the molecule is CS(=O)(=O)C1C[C@H]2CC[C@@H](C1)N2C(=O)c1cccc(C#N)c1. The topological polar surface area (TPSA) is 78.2 Å². The maximum absolute atomic E-state index is 12.8. The van der Waals surface area contributed by atoms with Gasteiger partial charge in [0.05, 0.1) is 16.9 Å². The second-order valence-electron chi connectivity index (χ2n) is 6.21. The third-order valence-corrected chi connectivity index (χ3v) is 6.36. The van der Waals surface area contributed by atoms with Gasteiger partial charge in [-0.1, -0.05) is 6.07 Å². The van der Waals surface area contributed by atoms with Gasteiger partial charge in [0.25, 0.3) is 5.91 Å². The number of fused-ring (bicyclic) bond motifs is 2. The molecule has 0 aliphatic carbocycles. The van der Waals surface area contributed by atoms with Gasteiger partial charge in [-0.15, -0.1) is 0 Å². The van der Waals surface area contributed by atoms with Gasteiger partial charge in [-0.2, -0.15) is 5.26 Å². The zero-order valence-electron chi connectivity index (χ0n) is 12.4. The van der Waals surface area contributed by atoms with Crippen LogP contribution in [-0.2, 0) is 9.84 Å². The van der Waals surface area contributed by atoms with E-state index in [4.69, 9.17) is 5.26 Å². The first-order valence-corrected chi connectivity index (χ1v) is 9.37. The van der Waals surface area contributed by atoms with Crippen LogP contribution >= 0.6 is 0 Å². The van der Waals surface area contributed by atoms with Gasteiger partial charge in [0.2, 0.25) is 0 Å². The van der Waals surface area contributed by atoms with Crippen molar-refractivity contribution in [2.45, 2.75) is 43.0 Å². The third kappa shape index (κ3) is 2.61. The molecule has 0 aromatic heterocycles. The molecule has 3 rings (SSSR count). The number of carbonyl (C=O) groups is 1. The first-order chi connectivity index (χ1) is 10.4. The van der Waals surface area contributed by atoms with Crippen molar-refractivity contribution in [2.24, 2.45) is 0 Å². The molecule has 2 saturated heterocycles. The van der Waals surface area contributed by atoms with E-state index in [2.05, 4.69) is 0 Å². The van der Waals surface area contributed by atoms with Crippen LogP contribution in [-0.4, -0.2) is 42.8 Å². The summed E-state index contributed by atoms with van der Waals surface area (Å²) in [5, 5.41) is 8.62. The van der Waals surface area contributed by atoms with Crippen molar-refractivity contribution in [3.05, 3.63) is 35.4 Å². The fraction of sp³-hybridized carbons (Fsp3) is 0.500. The molecular weight excluding hydrogens is 300 g/mol. The number of hydrogen-bond acceptors (Lipinski definition) is 4. The first kappa shape index (κ1) is 15.0. The number of piperidine rings is 1. The van der Waals surface area contributed by atoms with E-state index in [0.717, 1.165) is 12.8 Å². The van der Waals surface area contributed by atoms with E-state index >= 15 is 0 Å². The van der Waals surface area contributed by atoms with E-state index in [1.807, 2.05) is 11.0 Å². The highest BCUT2D eigenvalue weighted by Gasteiger charge is 2.45. The molecular formula is C16H18N2O3S. The van der Waals surface area contributed by atoms with E-state index in [0.29, 0.717) is 24.0 Å². The van der Waals surface area contributed by atoms with Gasteiger partial charge in [-0.05, 0) is 43.9 Å². The second kappa shape index (κ2) is 5.40. The molecule has 0 saturated carbocycles. The van der Waals surface area contributed by atoms with Gasteiger partial charge in [0.1, 0.15) is 9.84 Å². The summed E-state index contributed by atoms with van der Waals surface area (Å²) in [6.45, 7) is 0. The minimum Gasteiger partial charge on any atom is -0.333 e. The molecule has 6 heteroatoms. The lowest BCUT2D eigenvalue weighted by atomic mass is 10.0. The molecule has 1 aromatic carbocycles. The number of nitrogens with zero attached hydrogens (tertiary/aromatic N) is 2. The summed E-state index contributed by atoms with van der Waals surface area (Å²) < 4.78 is 23.6. The average Bonchev–Trinajstić information content (AvgIpc) is 2.75. The van der Waals surface area contributed by atoms with Gasteiger partial charge in [-0.25, -0.2) is 8.42 Å². The van der Waals surface area contributed by atoms with Crippen LogP contribution in [0.3, 0.4) is 0 Å². The molecule has 2 heterocycles. The molecule has 22 heavy (non-hydrogen) atoms. The summed E-state index contributed by atoms with van der Waals surface area (Å²) in [5.41, 5.74) is 0.970. The van der Waals surface area contributed by atoms with E-state index in [1.54, 1.807) is 24.3 Å². The standard InChI is InChI=1S/C16H18N2O3S/c1-22(20,21)15-8-13-5-6-14(9-15)18(13)16(19)12-4-2-3-11(7-12)10-17/h2-4,7,13-15H,5-6,8-9H2,1H3/t13-,14+,15?. The zero-order chi connectivity index (χ0) is 15.9. The Labute approximate surface area is 130 Å². The molecule has 0 radical (unpaired) electrons. The number of carbonyl (C=O) groups excluding carboxylic acids is 1. The Morgan fingerprint density at radius 3 is 2.45 bits per heavy atom. The lowest BCUT2D eigenvalue weighted by Gasteiger charge is -2.38. The summed E-state index contributed by atoms with van der Waals surface area (Å²) in [6, 6.07) is 8.72. The molecule has 2 aliphatic heterocycles. The van der Waals surface area contributed by atoms with Gasteiger partial charge < -0.3 is 4.90 Å². The number of sulfone groups is 1. The van der Waals surface area contributed by atoms with Gasteiger partial charge >= 0.3 is 0 Å². The molecule has 0 N–H and O–H groups in total. The normalized spacial score (nSPS) is 27.5. The van der Waals surface area contributed by atoms with Crippen molar-refractivity contribution in [1.29, 1.82) is 5.26 Å². The van der Waals surface area contributed by atoms with E-state index in [-0.39, 0.29) is 23.2 Å². The number of benzene rings is 1. The Morgan fingerprint density at radius 2 is 1.91 bits per heavy atom. The Morgan fingerprint density at radius 1 is 1.27 bits per heavy atom. The van der Waals surface area contributed by atoms with Crippen molar-refractivity contribution >= 4 is 15.7 Å². The predicted molar refractivity (Wildman–Crippen MR) is 82.0 cm³/mol. The Hall–Kier alpha value is -1.87. The third-order valence-electron chi connectivity index (χ3n) is 4.77. The maximum atomic E-state index is 12.8. The fourth-order valence-corrected chi connectivity index (χ4v) is 4.82. The average molecular weight is 318 g/mol. The van der Waals surface area contributed by atoms with Crippen LogP contribution in [0.4, 0.5) is 0 Å². The molecule has 1 aromatic rings. The monoisotopic (exact) mass is 318 g/mol. The summed E-state index contributed by atoms with van der Waals surface area (Å²) in [5.74, 6) is -0.0865. The quantitative estimate of drug-likeness (QED) is 0.832. The van der Waals surface area contributed by atoms with Crippen LogP contribution in [0.1, 0.15) is 41.6 Å². The van der Waals surface area contributed by atoms with Crippen LogP contribution in [0.2, 0.25) is 0 Å². The second-order valence-corrected chi connectivity index (χ2v) is 8.54. The maximum Gasteiger partial charge on any atom is 0.254 e. The number of amides is 1. The molecule has 2 aliphatic rings. The smallest absolute Gasteiger partial charge is 0.254 e. The molecule has 2 bridgehead atoms. The number of rotatable bonds is 2. The summed E-state index contributed by atoms with van der Waals surface area (Å²) in [7, 11) is -3.06. The Kier molecular flexibility index (Phi) is 3.69. The van der Waals surface area contributed by atoms with Crippen LogP contribution in [0.5, 0.6) is 0 Å². The first-order valence-electron chi connectivity index (χ1n) is 7.42. The van der Waals surface area contributed by atoms with Crippen molar-refractivity contribution in [2.75, 3.05) is 6.26 Å². The lowest BCUT2D eigenvalue weighted by Crippen LogP contribution is -2.49. The van der Waals surface area contributed by atoms with Gasteiger partial charge in [0, 0.05) is 23.9 Å². The molecule has 1 amide bonds. The van der Waals surface area contributed by atoms with E-state index in [9.17, 15) is 13.2 Å². The highest BCUT2D eigenvalue weighted by Crippen LogP contribution is 2.39. The molecule has 2 fully saturated rings. The zero-order valence-corrected chi connectivity index (χ0v) is 13.2. The number of nitriles is 1. The summed E-state index contributed by atoms with van der Waals surface area (Å²) in [6.07, 6.45) is 4.06. The van der Waals surface area contributed by atoms with Gasteiger partial charge in [-0.3, -0.25) is 4.79 Å². The highest BCUT2D eigenvalue weighted by atomic mass is 32.2. The Balaban J connectivity index is 1.85. The molecule has 1 unspecified atom stereocenters. The Bertz CT molecular complexity index is 737. The van der Waals surface area contributed by atoms with Crippen molar-refractivity contribution < 1.29 is 13.2 Å². The number of hydrogen-bond donors (Lipinski definition) is 0.